The van der Waals surface area contributed by atoms with E-state index in [0.717, 1.165) is 21.5 Å². The Morgan fingerprint density at radius 2 is 1.39 bits per heavy atom. The average Bonchev–Trinajstić information content (AvgIpc) is 3.21. The summed E-state index contributed by atoms with van der Waals surface area (Å²) in [5, 5.41) is 5.32. The SMILES string of the molecule is C=CCOC(=O)C(N1C(=O)[C@H]([C@@H](C)OS)[C@H]1CC(=O)c1ccc(CC(=O)Nc2ccncc2)cc1)=P(c1ccccc1)(c1ccccc1)c1ccccc1. The van der Waals surface area contributed by atoms with Gasteiger partial charge in [0.25, 0.3) is 0 Å². The Hall–Kier alpha value is -5.54. The summed E-state index contributed by atoms with van der Waals surface area (Å²) in [4.78, 5) is 61.5. The van der Waals surface area contributed by atoms with Gasteiger partial charge in [0.15, 0.2) is 5.78 Å². The minimum Gasteiger partial charge on any atom is -0.457 e. The van der Waals surface area contributed by atoms with Crippen LogP contribution in [0.1, 0.15) is 29.3 Å². The van der Waals surface area contributed by atoms with E-state index in [1.54, 1.807) is 55.7 Å². The third-order valence-electron chi connectivity index (χ3n) is 9.43. The molecule has 1 N–H and O–H groups in total. The largest absolute Gasteiger partial charge is 0.457 e. The molecule has 1 fully saturated rings. The number of likely N-dealkylation sites (tertiary alicyclic amines) is 1. The molecule has 0 bridgehead atoms. The predicted molar refractivity (Wildman–Crippen MR) is 217 cm³/mol. The molecule has 0 radical (unpaired) electrons. The van der Waals surface area contributed by atoms with Crippen molar-refractivity contribution < 1.29 is 28.1 Å². The number of benzene rings is 4. The molecule has 4 aromatic carbocycles. The molecule has 0 saturated carbocycles. The van der Waals surface area contributed by atoms with Gasteiger partial charge in [-0.3, -0.25) is 19.4 Å². The lowest BCUT2D eigenvalue weighted by Crippen LogP contribution is -2.68. The first-order chi connectivity index (χ1) is 26.3. The van der Waals surface area contributed by atoms with E-state index >= 15 is 0 Å². The molecular formula is C43H40N3O6PS. The van der Waals surface area contributed by atoms with E-state index in [4.69, 9.17) is 8.92 Å². The summed E-state index contributed by atoms with van der Waals surface area (Å²) < 4.78 is 11.2. The number of anilines is 1. The molecule has 5 aromatic rings. The minimum absolute atomic E-state index is 0.0845. The Morgan fingerprint density at radius 1 is 0.852 bits per heavy atom. The number of Topliss-reactive ketones (excluding diaryl/α,β-unsaturated/α-hetero) is 1. The second kappa shape index (κ2) is 17.5. The van der Waals surface area contributed by atoms with Crippen LogP contribution in [0.3, 0.4) is 0 Å². The predicted octanol–water partition coefficient (Wildman–Crippen LogP) is 5.77. The quantitative estimate of drug-likeness (QED) is 0.0266. The van der Waals surface area contributed by atoms with Crippen LogP contribution < -0.4 is 21.2 Å². The van der Waals surface area contributed by atoms with Crippen LogP contribution in [0.2, 0.25) is 0 Å². The van der Waals surface area contributed by atoms with Crippen molar-refractivity contribution in [3.63, 3.8) is 0 Å². The molecule has 9 nitrogen and oxygen atoms in total. The lowest BCUT2D eigenvalue weighted by atomic mass is 9.79. The number of rotatable bonds is 15. The molecule has 6 rings (SSSR count). The van der Waals surface area contributed by atoms with E-state index in [1.807, 2.05) is 91.0 Å². The Kier molecular flexibility index (Phi) is 12.4. The molecule has 1 aliphatic rings. The highest BCUT2D eigenvalue weighted by Gasteiger charge is 2.56. The molecule has 274 valence electrons. The van der Waals surface area contributed by atoms with Crippen LogP contribution in [-0.4, -0.2) is 57.6 Å². The number of carbonyl (C=O) groups is 4. The number of esters is 1. The van der Waals surface area contributed by atoms with Gasteiger partial charge in [-0.05, 0) is 53.4 Å². The van der Waals surface area contributed by atoms with Gasteiger partial charge in [-0.25, -0.2) is 4.79 Å². The fraction of sp³-hybridized carbons (Fsp3) is 0.163. The number of nitrogens with one attached hydrogen (secondary N) is 1. The fourth-order valence-electron chi connectivity index (χ4n) is 6.93. The molecule has 3 atom stereocenters. The second-order valence-electron chi connectivity index (χ2n) is 12.8. The van der Waals surface area contributed by atoms with Gasteiger partial charge < -0.3 is 19.1 Å². The molecule has 2 amide bonds. The van der Waals surface area contributed by atoms with Crippen molar-refractivity contribution in [2.45, 2.75) is 31.9 Å². The van der Waals surface area contributed by atoms with E-state index in [0.29, 0.717) is 11.3 Å². The van der Waals surface area contributed by atoms with Gasteiger partial charge in [0.2, 0.25) is 11.8 Å². The Morgan fingerprint density at radius 3 is 1.89 bits per heavy atom. The highest BCUT2D eigenvalue weighted by molar-refractivity contribution is 7.96. The summed E-state index contributed by atoms with van der Waals surface area (Å²) in [6.45, 7) is 2.20. The number of ether oxygens (including phenoxy) is 1. The summed E-state index contributed by atoms with van der Waals surface area (Å²) in [5.74, 6) is -2.29. The number of carbonyl (C=O) groups excluding carboxylic acids is 4. The summed E-state index contributed by atoms with van der Waals surface area (Å²) in [5.41, 5.74) is 1.92. The second-order valence-corrected chi connectivity index (χ2v) is 16.3. The van der Waals surface area contributed by atoms with Gasteiger partial charge in [0.05, 0.1) is 24.5 Å². The van der Waals surface area contributed by atoms with Gasteiger partial charge in [-0.1, -0.05) is 128 Å². The molecule has 2 heterocycles. The van der Waals surface area contributed by atoms with Crippen molar-refractivity contribution in [1.82, 2.24) is 9.88 Å². The van der Waals surface area contributed by atoms with E-state index in [-0.39, 0.29) is 42.5 Å². The molecule has 0 aliphatic carbocycles. The normalized spacial score (nSPS) is 15.7. The molecule has 1 aliphatic heterocycles. The highest BCUT2D eigenvalue weighted by atomic mass is 32.1. The molecule has 0 unspecified atom stereocenters. The van der Waals surface area contributed by atoms with E-state index in [9.17, 15) is 19.2 Å². The summed E-state index contributed by atoms with van der Waals surface area (Å²) >= 11 is 4.06. The van der Waals surface area contributed by atoms with Crippen LogP contribution in [-0.2, 0) is 29.7 Å². The third-order valence-corrected chi connectivity index (χ3v) is 14.0. The van der Waals surface area contributed by atoms with E-state index < -0.39 is 30.9 Å². The van der Waals surface area contributed by atoms with Gasteiger partial charge in [0, 0.05) is 37.0 Å². The molecule has 0 spiro atoms. The number of nitrogens with zero attached hydrogens (tertiary/aromatic N) is 2. The first-order valence-corrected chi connectivity index (χ1v) is 19.6. The van der Waals surface area contributed by atoms with E-state index in [2.05, 4.69) is 29.8 Å². The lowest BCUT2D eigenvalue weighted by Gasteiger charge is -2.51. The summed E-state index contributed by atoms with van der Waals surface area (Å²) in [6, 6.07) is 38.4. The maximum absolute atomic E-state index is 14.7. The molecular weight excluding hydrogens is 718 g/mol. The number of ketones is 1. The Balaban J connectivity index is 1.46. The number of β-lactam (4-membered cyclic amide) rings is 1. The van der Waals surface area contributed by atoms with Crippen molar-refractivity contribution in [2.24, 2.45) is 5.92 Å². The number of amides is 2. The molecule has 1 saturated heterocycles. The first kappa shape index (κ1) is 38.2. The molecule has 1 aromatic heterocycles. The lowest BCUT2D eigenvalue weighted by molar-refractivity contribution is -0.155. The zero-order valence-electron chi connectivity index (χ0n) is 29.7. The van der Waals surface area contributed by atoms with Crippen LogP contribution in [0.5, 0.6) is 0 Å². The number of hydrogen-bond donors (Lipinski definition) is 2. The van der Waals surface area contributed by atoms with Gasteiger partial charge in [-0.2, -0.15) is 0 Å². The number of aromatic nitrogens is 1. The number of pyridine rings is 1. The minimum atomic E-state index is -3.18. The van der Waals surface area contributed by atoms with Crippen LogP contribution in [0, 0.1) is 5.92 Å². The van der Waals surface area contributed by atoms with Gasteiger partial charge >= 0.3 is 5.97 Å². The Labute approximate surface area is 320 Å². The maximum Gasteiger partial charge on any atom is 0.356 e. The van der Waals surface area contributed by atoms with Crippen molar-refractivity contribution in [3.8, 4) is 0 Å². The third kappa shape index (κ3) is 7.87. The van der Waals surface area contributed by atoms with Gasteiger partial charge in [-0.15, -0.1) is 0 Å². The smallest absolute Gasteiger partial charge is 0.356 e. The molecule has 11 heteroatoms. The van der Waals surface area contributed by atoms with Crippen molar-refractivity contribution in [3.05, 3.63) is 164 Å². The van der Waals surface area contributed by atoms with Crippen molar-refractivity contribution >= 4 is 70.4 Å². The standard InChI is InChI=1S/C43H40N3O6PS/c1-3-27-51-43(50)42(53(34-13-7-4-8-14-34,35-15-9-5-10-16-35)36-17-11-6-12-18-36)46-37(40(41(46)49)30(2)52-54)29-38(47)32-21-19-31(20-22-32)28-39(48)45-33-23-25-44-26-24-33/h3-26,30,37,40,54H,1,27-29H2,2H3,(H,44,45,48)/t30-,37-,40-/m1/s1. The number of hydrogen-bond acceptors (Lipinski definition) is 8. The number of thiol groups is 1. The van der Waals surface area contributed by atoms with E-state index in [1.165, 1.54) is 11.0 Å². The highest BCUT2D eigenvalue weighted by Crippen LogP contribution is 2.50. The Bertz CT molecular complexity index is 2060. The topological polar surface area (TPSA) is 115 Å². The summed E-state index contributed by atoms with van der Waals surface area (Å²) in [7, 11) is 0. The maximum atomic E-state index is 14.7. The van der Waals surface area contributed by atoms with Crippen LogP contribution in [0.25, 0.3) is 0 Å². The zero-order chi connectivity index (χ0) is 38.1. The van der Waals surface area contributed by atoms with Crippen molar-refractivity contribution in [2.75, 3.05) is 11.9 Å². The van der Waals surface area contributed by atoms with Crippen LogP contribution in [0.4, 0.5) is 5.69 Å². The molecule has 54 heavy (non-hydrogen) atoms. The summed E-state index contributed by atoms with van der Waals surface area (Å²) in [6.07, 6.45) is 3.98. The average molecular weight is 758 g/mol. The fourth-order valence-corrected chi connectivity index (χ4v) is 11.5. The van der Waals surface area contributed by atoms with Crippen LogP contribution >= 0.6 is 19.8 Å². The van der Waals surface area contributed by atoms with Gasteiger partial charge in [0.1, 0.15) is 12.0 Å². The van der Waals surface area contributed by atoms with Crippen LogP contribution in [0.15, 0.2) is 152 Å². The zero-order valence-corrected chi connectivity index (χ0v) is 31.4. The van der Waals surface area contributed by atoms with Crippen molar-refractivity contribution in [1.29, 1.82) is 0 Å². The monoisotopic (exact) mass is 757 g/mol. The first-order valence-electron chi connectivity index (χ1n) is 17.5.